The molecule has 0 bridgehead atoms. The summed E-state index contributed by atoms with van der Waals surface area (Å²) in [6.07, 6.45) is 0. The van der Waals surface area contributed by atoms with Crippen LogP contribution in [-0.4, -0.2) is 25.7 Å². The number of hydrogen-bond acceptors (Lipinski definition) is 4. The largest absolute Gasteiger partial charge is 0.544 e. The highest BCUT2D eigenvalue weighted by Gasteiger charge is 2.08. The van der Waals surface area contributed by atoms with Gasteiger partial charge in [0.1, 0.15) is 12.2 Å². The number of aliphatic carboxylic acids is 1. The molecule has 0 saturated heterocycles. The van der Waals surface area contributed by atoms with Gasteiger partial charge < -0.3 is 24.7 Å². The van der Waals surface area contributed by atoms with Crippen molar-refractivity contribution in [2.45, 2.75) is 13.8 Å². The predicted molar refractivity (Wildman–Crippen MR) is 60.2 cm³/mol. The molecule has 0 aliphatic heterocycles. The molecule has 1 aromatic rings. The second-order valence-electron chi connectivity index (χ2n) is 3.35. The summed E-state index contributed by atoms with van der Waals surface area (Å²) in [5.74, 6) is 0.193. The van der Waals surface area contributed by atoms with E-state index in [1.54, 1.807) is 23.5 Å². The molecule has 0 aromatic heterocycles. The Morgan fingerprint density at radius 1 is 1.24 bits per heavy atom. The normalized spacial score (nSPS) is 10.0. The fourth-order valence-electron chi connectivity index (χ4n) is 1.40. The number of ether oxygens (including phenoxy) is 2. The van der Waals surface area contributed by atoms with Gasteiger partial charge in [-0.05, 0) is 19.9 Å². The SMILES string of the molecule is CCOc1ccc([NH2+]CC(=O)[O-])cc1OCC. The second-order valence-corrected chi connectivity index (χ2v) is 3.35. The summed E-state index contributed by atoms with van der Waals surface area (Å²) in [6.45, 7) is 4.75. The van der Waals surface area contributed by atoms with E-state index in [0.717, 1.165) is 5.69 Å². The van der Waals surface area contributed by atoms with E-state index in [4.69, 9.17) is 9.47 Å². The maximum Gasteiger partial charge on any atom is 0.167 e. The number of carbonyl (C=O) groups excluding carboxylic acids is 1. The molecule has 0 aliphatic rings. The zero-order valence-corrected chi connectivity index (χ0v) is 10.1. The zero-order chi connectivity index (χ0) is 12.7. The Morgan fingerprint density at radius 2 is 1.88 bits per heavy atom. The van der Waals surface area contributed by atoms with Gasteiger partial charge in [0.25, 0.3) is 0 Å². The quantitative estimate of drug-likeness (QED) is 0.646. The summed E-state index contributed by atoms with van der Waals surface area (Å²) in [7, 11) is 0. The summed E-state index contributed by atoms with van der Waals surface area (Å²) >= 11 is 0. The van der Waals surface area contributed by atoms with Gasteiger partial charge in [0, 0.05) is 12.1 Å². The van der Waals surface area contributed by atoms with Gasteiger partial charge in [-0.1, -0.05) is 0 Å². The lowest BCUT2D eigenvalue weighted by atomic mass is 10.2. The highest BCUT2D eigenvalue weighted by Crippen LogP contribution is 2.28. The molecule has 0 unspecified atom stereocenters. The Kier molecular flexibility index (Phi) is 5.29. The molecule has 5 nitrogen and oxygen atoms in total. The molecule has 17 heavy (non-hydrogen) atoms. The van der Waals surface area contributed by atoms with Gasteiger partial charge in [0.2, 0.25) is 0 Å². The van der Waals surface area contributed by atoms with Crippen LogP contribution in [0.5, 0.6) is 11.5 Å². The molecule has 0 heterocycles. The number of carboxylic acid groups (broad SMARTS) is 1. The van der Waals surface area contributed by atoms with E-state index in [2.05, 4.69) is 0 Å². The van der Waals surface area contributed by atoms with E-state index in [1.165, 1.54) is 0 Å². The third kappa shape index (κ3) is 4.32. The molecule has 0 atom stereocenters. The van der Waals surface area contributed by atoms with Gasteiger partial charge >= 0.3 is 0 Å². The topological polar surface area (TPSA) is 75.2 Å². The van der Waals surface area contributed by atoms with E-state index in [0.29, 0.717) is 24.7 Å². The summed E-state index contributed by atoms with van der Waals surface area (Å²) in [6, 6.07) is 5.32. The summed E-state index contributed by atoms with van der Waals surface area (Å²) in [4.78, 5) is 10.4. The minimum atomic E-state index is -1.10. The van der Waals surface area contributed by atoms with Crippen molar-refractivity contribution in [1.29, 1.82) is 0 Å². The Hall–Kier alpha value is -1.75. The van der Waals surface area contributed by atoms with Crippen LogP contribution in [0.25, 0.3) is 0 Å². The van der Waals surface area contributed by atoms with Gasteiger partial charge in [-0.2, -0.15) is 0 Å². The number of carboxylic acids is 1. The monoisotopic (exact) mass is 239 g/mol. The molecule has 1 aromatic carbocycles. The highest BCUT2D eigenvalue weighted by molar-refractivity contribution is 5.65. The van der Waals surface area contributed by atoms with Crippen molar-refractivity contribution in [2.75, 3.05) is 19.8 Å². The van der Waals surface area contributed by atoms with E-state index in [1.807, 2.05) is 13.8 Å². The predicted octanol–water partition coefficient (Wildman–Crippen LogP) is -0.571. The average molecular weight is 239 g/mol. The summed E-state index contributed by atoms with van der Waals surface area (Å²) < 4.78 is 10.8. The van der Waals surface area contributed by atoms with Crippen molar-refractivity contribution in [3.05, 3.63) is 18.2 Å². The van der Waals surface area contributed by atoms with Crippen LogP contribution >= 0.6 is 0 Å². The van der Waals surface area contributed by atoms with E-state index >= 15 is 0 Å². The van der Waals surface area contributed by atoms with Crippen LogP contribution in [0.2, 0.25) is 0 Å². The first-order valence-corrected chi connectivity index (χ1v) is 5.60. The van der Waals surface area contributed by atoms with Crippen LogP contribution in [0.15, 0.2) is 18.2 Å². The molecule has 0 amide bonds. The molecule has 0 radical (unpaired) electrons. The summed E-state index contributed by atoms with van der Waals surface area (Å²) in [5, 5.41) is 11.9. The van der Waals surface area contributed by atoms with Gasteiger partial charge in [0.15, 0.2) is 11.5 Å². The van der Waals surface area contributed by atoms with Crippen LogP contribution in [0.4, 0.5) is 5.69 Å². The maximum absolute atomic E-state index is 10.4. The molecule has 0 saturated carbocycles. The molecule has 5 heteroatoms. The zero-order valence-electron chi connectivity index (χ0n) is 10.1. The lowest BCUT2D eigenvalue weighted by molar-refractivity contribution is -0.569. The van der Waals surface area contributed by atoms with E-state index in [9.17, 15) is 9.90 Å². The van der Waals surface area contributed by atoms with Crippen LogP contribution < -0.4 is 19.9 Å². The van der Waals surface area contributed by atoms with Crippen LogP contribution in [0.3, 0.4) is 0 Å². The van der Waals surface area contributed by atoms with Crippen molar-refractivity contribution in [3.8, 4) is 11.5 Å². The number of nitrogens with two attached hydrogens (primary N) is 1. The summed E-state index contributed by atoms with van der Waals surface area (Å²) in [5.41, 5.74) is 0.779. The van der Waals surface area contributed by atoms with Crippen molar-refractivity contribution >= 4 is 11.7 Å². The fourth-order valence-corrected chi connectivity index (χ4v) is 1.40. The van der Waals surface area contributed by atoms with Crippen LogP contribution in [-0.2, 0) is 4.79 Å². The van der Waals surface area contributed by atoms with Crippen molar-refractivity contribution in [2.24, 2.45) is 0 Å². The van der Waals surface area contributed by atoms with Gasteiger partial charge in [0.05, 0.1) is 19.2 Å². The Labute approximate surface area is 100 Å². The Bertz CT molecular complexity index is 379. The maximum atomic E-state index is 10.4. The third-order valence-corrected chi connectivity index (χ3v) is 2.07. The van der Waals surface area contributed by atoms with E-state index < -0.39 is 5.97 Å². The number of hydrogen-bond donors (Lipinski definition) is 1. The van der Waals surface area contributed by atoms with E-state index in [-0.39, 0.29) is 6.54 Å². The third-order valence-electron chi connectivity index (χ3n) is 2.07. The number of carbonyl (C=O) groups is 1. The number of quaternary nitrogens is 1. The van der Waals surface area contributed by atoms with Crippen molar-refractivity contribution < 1.29 is 24.7 Å². The molecule has 94 valence electrons. The molecular formula is C12H17NO4. The molecule has 1 rings (SSSR count). The smallest absolute Gasteiger partial charge is 0.167 e. The van der Waals surface area contributed by atoms with Crippen molar-refractivity contribution in [1.82, 2.24) is 0 Å². The average Bonchev–Trinajstić information content (AvgIpc) is 2.30. The van der Waals surface area contributed by atoms with Gasteiger partial charge in [-0.3, -0.25) is 0 Å². The van der Waals surface area contributed by atoms with Crippen LogP contribution in [0, 0.1) is 0 Å². The first-order chi connectivity index (χ1) is 8.17. The van der Waals surface area contributed by atoms with Crippen LogP contribution in [0.1, 0.15) is 13.8 Å². The first kappa shape index (κ1) is 13.3. The Morgan fingerprint density at radius 3 is 2.47 bits per heavy atom. The lowest BCUT2D eigenvalue weighted by Gasteiger charge is -2.11. The van der Waals surface area contributed by atoms with Gasteiger partial charge in [-0.25, -0.2) is 0 Å². The Balaban J connectivity index is 2.80. The fraction of sp³-hybridized carbons (Fsp3) is 0.417. The van der Waals surface area contributed by atoms with Crippen molar-refractivity contribution in [3.63, 3.8) is 0 Å². The molecule has 2 N–H and O–H groups in total. The standard InChI is InChI=1S/C12H17NO4/c1-3-16-10-6-5-9(13-8-12(14)15)7-11(10)17-4-2/h5-7,13H,3-4,8H2,1-2H3,(H,14,15). The van der Waals surface area contributed by atoms with Gasteiger partial charge in [-0.15, -0.1) is 0 Å². The minimum Gasteiger partial charge on any atom is -0.544 e. The molecule has 0 aliphatic carbocycles. The number of rotatable bonds is 7. The lowest BCUT2D eigenvalue weighted by Crippen LogP contribution is -2.81. The first-order valence-electron chi connectivity index (χ1n) is 5.60. The second kappa shape index (κ2) is 6.75. The number of benzene rings is 1. The minimum absolute atomic E-state index is 0.112. The molecular weight excluding hydrogens is 222 g/mol. The molecule has 0 fully saturated rings. The molecule has 0 spiro atoms. The highest BCUT2D eigenvalue weighted by atomic mass is 16.5.